The fraction of sp³-hybridized carbons (Fsp3) is 0.250. The normalized spacial score (nSPS) is 10.8. The molecule has 2 heterocycles. The number of ether oxygens (including phenoxy) is 1. The van der Waals surface area contributed by atoms with Crippen LogP contribution in [0.1, 0.15) is 19.8 Å². The maximum absolute atomic E-state index is 10.1. The fourth-order valence-electron chi connectivity index (χ4n) is 2.58. The molecule has 1 N–H and O–H groups in total. The molecule has 0 spiro atoms. The van der Waals surface area contributed by atoms with E-state index in [2.05, 4.69) is 19.1 Å². The third-order valence-corrected chi connectivity index (χ3v) is 3.75. The number of benzene rings is 2. The number of hydrogen-bond acceptors (Lipinski definition) is 2. The Morgan fingerprint density at radius 2 is 1.70 bits per heavy atom. The van der Waals surface area contributed by atoms with Crippen molar-refractivity contribution in [1.29, 1.82) is 0 Å². The number of rotatable bonds is 5. The number of nitrogens with zero attached hydrogens (tertiary/aromatic N) is 3. The topological polar surface area (TPSA) is 43.2 Å². The van der Waals surface area contributed by atoms with Crippen molar-refractivity contribution in [3.63, 3.8) is 0 Å². The van der Waals surface area contributed by atoms with Crippen LogP contribution in [0.4, 0.5) is 0 Å². The largest absolute Gasteiger partial charge is 0.506 e. The van der Waals surface area contributed by atoms with E-state index in [1.807, 2.05) is 32.3 Å². The van der Waals surface area contributed by atoms with Crippen LogP contribution in [0.3, 0.4) is 0 Å². The zero-order chi connectivity index (χ0) is 14.4. The number of aromatic nitrogens is 3. The molecule has 117 valence electrons. The van der Waals surface area contributed by atoms with E-state index in [0.717, 1.165) is 35.3 Å². The Balaban J connectivity index is 0.000000960. The molecule has 0 aliphatic carbocycles. The summed E-state index contributed by atoms with van der Waals surface area (Å²) < 4.78 is 9.74. The van der Waals surface area contributed by atoms with E-state index in [1.54, 1.807) is 12.1 Å². The fourth-order valence-corrected chi connectivity index (χ4v) is 2.58. The second-order valence-electron chi connectivity index (χ2n) is 5.21. The van der Waals surface area contributed by atoms with Crippen molar-refractivity contribution in [2.24, 2.45) is 0 Å². The quantitative estimate of drug-likeness (QED) is 0.374. The molecule has 4 aromatic rings. The third kappa shape index (κ3) is 3.06. The minimum atomic E-state index is 0. The summed E-state index contributed by atoms with van der Waals surface area (Å²) >= 11 is 0. The second-order valence-corrected chi connectivity index (χ2v) is 5.21. The maximum atomic E-state index is 10.1. The molecule has 0 fully saturated rings. The summed E-state index contributed by atoms with van der Waals surface area (Å²) in [5.41, 5.74) is 3.03. The molecule has 0 atom stereocenters. The summed E-state index contributed by atoms with van der Waals surface area (Å²) in [5.74, 6) is 1.03. The molecule has 23 heavy (non-hydrogen) atoms. The Morgan fingerprint density at radius 1 is 1.04 bits per heavy atom. The number of hydrogen-bond donors (Lipinski definition) is 1. The van der Waals surface area contributed by atoms with Crippen LogP contribution in [0.15, 0.2) is 42.5 Å². The zero-order valence-electron chi connectivity index (χ0n) is 12.8. The van der Waals surface area contributed by atoms with Crippen LogP contribution >= 0.6 is 0 Å². The standard InChI is InChI=1S/C16H17N3O2.U.V/c1-2-3-10-21-12-8-9-16(20)15(11-12)19-17-13-6-4-5-7-14(13)18(17)19;;/h4-9,11,20H,2-3,10H2,1H3;;. The van der Waals surface area contributed by atoms with Gasteiger partial charge in [-0.05, 0) is 30.7 Å². The van der Waals surface area contributed by atoms with E-state index in [4.69, 9.17) is 4.74 Å². The van der Waals surface area contributed by atoms with E-state index >= 15 is 0 Å². The summed E-state index contributed by atoms with van der Waals surface area (Å²) in [4.78, 5) is 1.94. The van der Waals surface area contributed by atoms with Crippen molar-refractivity contribution in [1.82, 2.24) is 14.1 Å². The number of phenolic OH excluding ortho intramolecular Hbond substituents is 1. The van der Waals surface area contributed by atoms with E-state index in [1.165, 1.54) is 0 Å². The summed E-state index contributed by atoms with van der Waals surface area (Å²) in [7, 11) is 0. The smallest absolute Gasteiger partial charge is 0.143 e. The van der Waals surface area contributed by atoms with Crippen LogP contribution in [0.5, 0.6) is 11.5 Å². The van der Waals surface area contributed by atoms with Crippen molar-refractivity contribution in [3.8, 4) is 17.2 Å². The molecule has 0 saturated heterocycles. The van der Waals surface area contributed by atoms with Crippen molar-refractivity contribution in [2.75, 3.05) is 6.61 Å². The monoisotopic (exact) mass is 572 g/mol. The van der Waals surface area contributed by atoms with Gasteiger partial charge >= 0.3 is 0 Å². The number of para-hydroxylation sites is 2. The van der Waals surface area contributed by atoms with Crippen LogP contribution in [0, 0.1) is 31.1 Å². The third-order valence-electron chi connectivity index (χ3n) is 3.75. The number of phenols is 1. The Kier molecular flexibility index (Phi) is 5.86. The Bertz CT molecular complexity index is 854. The van der Waals surface area contributed by atoms with Gasteiger partial charge in [0.2, 0.25) is 0 Å². The molecule has 0 saturated carbocycles. The molecule has 4 rings (SSSR count). The van der Waals surface area contributed by atoms with Crippen LogP contribution in [0.25, 0.3) is 16.7 Å². The minimum absolute atomic E-state index is 0. The molecule has 2 aromatic heterocycles. The van der Waals surface area contributed by atoms with Gasteiger partial charge in [0.05, 0.1) is 6.61 Å². The Hall–Kier alpha value is -0.924. The van der Waals surface area contributed by atoms with Gasteiger partial charge in [-0.15, -0.1) is 14.1 Å². The maximum Gasteiger partial charge on any atom is 0.143 e. The number of unbranched alkanes of at least 4 members (excludes halogenated alkanes) is 1. The molecule has 0 bridgehead atoms. The second kappa shape index (κ2) is 7.32. The van der Waals surface area contributed by atoms with Gasteiger partial charge in [-0.1, -0.05) is 25.5 Å². The summed E-state index contributed by atoms with van der Waals surface area (Å²) in [6, 6.07) is 13.5. The van der Waals surface area contributed by atoms with Gasteiger partial charge in [0.25, 0.3) is 0 Å². The van der Waals surface area contributed by atoms with Crippen LogP contribution in [0.2, 0.25) is 0 Å². The van der Waals surface area contributed by atoms with E-state index in [0.29, 0.717) is 6.61 Å². The van der Waals surface area contributed by atoms with Crippen LogP contribution in [-0.4, -0.2) is 25.8 Å². The van der Waals surface area contributed by atoms with Crippen LogP contribution in [-0.2, 0) is 18.6 Å². The summed E-state index contributed by atoms with van der Waals surface area (Å²) in [6.45, 7) is 2.84. The number of fused-ring (bicyclic) bond motifs is 4. The van der Waals surface area contributed by atoms with Gasteiger partial charge < -0.3 is 9.84 Å². The molecule has 7 heteroatoms. The first-order valence-corrected chi connectivity index (χ1v) is 7.26. The van der Waals surface area contributed by atoms with E-state index in [-0.39, 0.29) is 55.4 Å². The van der Waals surface area contributed by atoms with Gasteiger partial charge in [-0.25, -0.2) is 0 Å². The van der Waals surface area contributed by atoms with E-state index in [9.17, 15) is 5.11 Å². The van der Waals surface area contributed by atoms with Crippen molar-refractivity contribution in [2.45, 2.75) is 19.8 Å². The Labute approximate surface area is 169 Å². The molecule has 1 radical (unpaired) electrons. The molecule has 0 aliphatic rings. The zero-order valence-corrected chi connectivity index (χ0v) is 18.4. The molecule has 0 aliphatic heterocycles. The molecule has 0 unspecified atom stereocenters. The van der Waals surface area contributed by atoms with Crippen molar-refractivity contribution in [3.05, 3.63) is 42.5 Å². The Morgan fingerprint density at radius 3 is 2.30 bits per heavy atom. The average Bonchev–Trinajstić information content (AvgIpc) is 3.15. The van der Waals surface area contributed by atoms with Gasteiger partial charge in [0.1, 0.15) is 28.2 Å². The predicted octanol–water partition coefficient (Wildman–Crippen LogP) is 3.30. The van der Waals surface area contributed by atoms with Crippen molar-refractivity contribution < 1.29 is 59.5 Å². The van der Waals surface area contributed by atoms with Crippen LogP contribution < -0.4 is 4.74 Å². The van der Waals surface area contributed by atoms with Gasteiger partial charge in [0, 0.05) is 55.7 Å². The SMILES string of the molecule is CCCCOc1ccc(O)c(-n2n3c4ccccc4n23)c1.[U].[V]. The molecule has 0 amide bonds. The van der Waals surface area contributed by atoms with Gasteiger partial charge in [-0.2, -0.15) is 0 Å². The van der Waals surface area contributed by atoms with E-state index < -0.39 is 0 Å². The summed E-state index contributed by atoms with van der Waals surface area (Å²) in [6.07, 6.45) is 2.14. The van der Waals surface area contributed by atoms with Gasteiger partial charge in [-0.3, -0.25) is 0 Å². The van der Waals surface area contributed by atoms with Gasteiger partial charge in [0.15, 0.2) is 0 Å². The molecule has 2 aromatic carbocycles. The minimum Gasteiger partial charge on any atom is -0.506 e. The average molecular weight is 572 g/mol. The first-order chi connectivity index (χ1) is 10.3. The molecule has 5 nitrogen and oxygen atoms in total. The number of aromatic hydroxyl groups is 1. The predicted molar refractivity (Wildman–Crippen MR) is 80.9 cm³/mol. The molecular weight excluding hydrogens is 555 g/mol. The first-order valence-electron chi connectivity index (χ1n) is 7.26. The molecular formula is C16H17N3O2UV. The summed E-state index contributed by atoms with van der Waals surface area (Å²) in [5, 5.41) is 10.1. The first kappa shape index (κ1) is 18.4. The van der Waals surface area contributed by atoms with Crippen molar-refractivity contribution >= 4 is 11.0 Å².